The third-order valence-corrected chi connectivity index (χ3v) is 7.25. The van der Waals surface area contributed by atoms with E-state index in [4.69, 9.17) is 14.8 Å². The van der Waals surface area contributed by atoms with Crippen LogP contribution in [0, 0.1) is 5.92 Å². The molecule has 0 unspecified atom stereocenters. The normalized spacial score (nSPS) is 23.9. The van der Waals surface area contributed by atoms with E-state index >= 15 is 0 Å². The molecule has 1 N–H and O–H groups in total. The van der Waals surface area contributed by atoms with Gasteiger partial charge in [-0.25, -0.2) is 4.79 Å². The number of pyridine rings is 1. The first-order valence-electron chi connectivity index (χ1n) is 12.5. The van der Waals surface area contributed by atoms with Gasteiger partial charge in [0.2, 0.25) is 0 Å². The van der Waals surface area contributed by atoms with E-state index in [0.717, 1.165) is 31.4 Å². The van der Waals surface area contributed by atoms with Gasteiger partial charge in [0.15, 0.2) is 0 Å². The SMILES string of the molecule is CC(C)(C)OC(=O)N1CCC(c2cccnc2-c2cn([C@H]3C[C@H](CO)C3)nc2C2CC2)CC1. The largest absolute Gasteiger partial charge is 0.444 e. The molecule has 3 aliphatic rings. The standard InChI is InChI=1S/C26H36N4O3/c1-26(2,3)33-25(32)29-11-8-18(9-12-29)21-5-4-10-27-24(21)22-15-30(20-13-17(14-20)16-31)28-23(22)19-6-7-19/h4-5,10,15,17-20,31H,6-9,11-14,16H2,1-3H3/t17-,20-. The molecule has 2 saturated carbocycles. The Hall–Kier alpha value is -2.41. The molecule has 0 radical (unpaired) electrons. The average molecular weight is 453 g/mol. The number of aromatic nitrogens is 3. The zero-order valence-corrected chi connectivity index (χ0v) is 20.0. The molecule has 1 amide bonds. The lowest BCUT2D eigenvalue weighted by Gasteiger charge is -2.34. The number of hydrogen-bond acceptors (Lipinski definition) is 5. The molecule has 2 aromatic rings. The van der Waals surface area contributed by atoms with E-state index in [0.29, 0.717) is 36.9 Å². The molecule has 7 heteroatoms. The Labute approximate surface area is 196 Å². The summed E-state index contributed by atoms with van der Waals surface area (Å²) in [5.74, 6) is 1.32. The molecular weight excluding hydrogens is 416 g/mol. The van der Waals surface area contributed by atoms with Crippen molar-refractivity contribution in [2.75, 3.05) is 19.7 Å². The fraction of sp³-hybridized carbons (Fsp3) is 0.654. The highest BCUT2D eigenvalue weighted by Crippen LogP contribution is 2.47. The minimum Gasteiger partial charge on any atom is -0.444 e. The number of piperidine rings is 1. The molecule has 0 bridgehead atoms. The molecule has 0 spiro atoms. The number of amides is 1. The summed E-state index contributed by atoms with van der Waals surface area (Å²) in [6.07, 6.45) is 10.1. The van der Waals surface area contributed by atoms with E-state index in [1.807, 2.05) is 37.9 Å². The van der Waals surface area contributed by atoms with Crippen LogP contribution in [0.1, 0.15) is 88.4 Å². The molecule has 0 atom stereocenters. The van der Waals surface area contributed by atoms with E-state index in [-0.39, 0.29) is 12.7 Å². The van der Waals surface area contributed by atoms with E-state index in [9.17, 15) is 9.90 Å². The number of aliphatic hydroxyl groups is 1. The maximum atomic E-state index is 12.5. The molecule has 2 aliphatic carbocycles. The average Bonchev–Trinajstić information content (AvgIpc) is 3.51. The number of nitrogens with zero attached hydrogens (tertiary/aromatic N) is 4. The lowest BCUT2D eigenvalue weighted by atomic mass is 9.81. The summed E-state index contributed by atoms with van der Waals surface area (Å²) in [5.41, 5.74) is 4.22. The first-order valence-corrected chi connectivity index (χ1v) is 12.5. The van der Waals surface area contributed by atoms with Gasteiger partial charge in [0.05, 0.1) is 17.4 Å². The number of aliphatic hydroxyl groups excluding tert-OH is 1. The Kier molecular flexibility index (Phi) is 5.93. The fourth-order valence-electron chi connectivity index (χ4n) is 5.17. The second-order valence-corrected chi connectivity index (χ2v) is 11.0. The number of carbonyl (C=O) groups is 1. The van der Waals surface area contributed by atoms with Gasteiger partial charge in [0.1, 0.15) is 5.60 Å². The summed E-state index contributed by atoms with van der Waals surface area (Å²) in [6, 6.07) is 4.62. The van der Waals surface area contributed by atoms with E-state index in [2.05, 4.69) is 16.9 Å². The maximum absolute atomic E-state index is 12.5. The van der Waals surface area contributed by atoms with Crippen LogP contribution in [0.5, 0.6) is 0 Å². The lowest BCUT2D eigenvalue weighted by molar-refractivity contribution is 0.0205. The Morgan fingerprint density at radius 3 is 2.52 bits per heavy atom. The predicted octanol–water partition coefficient (Wildman–Crippen LogP) is 4.88. The van der Waals surface area contributed by atoms with Crippen LogP contribution in [-0.4, -0.2) is 56.2 Å². The molecule has 5 rings (SSSR count). The smallest absolute Gasteiger partial charge is 0.410 e. The van der Waals surface area contributed by atoms with Crippen molar-refractivity contribution in [3.8, 4) is 11.3 Å². The van der Waals surface area contributed by atoms with Gasteiger partial charge in [-0.15, -0.1) is 0 Å². The molecule has 1 aliphatic heterocycles. The van der Waals surface area contributed by atoms with E-state index in [1.165, 1.54) is 29.7 Å². The molecule has 0 aromatic carbocycles. The van der Waals surface area contributed by atoms with Gasteiger partial charge in [0.25, 0.3) is 0 Å². The van der Waals surface area contributed by atoms with Crippen LogP contribution >= 0.6 is 0 Å². The van der Waals surface area contributed by atoms with Crippen molar-refractivity contribution in [1.82, 2.24) is 19.7 Å². The Balaban J connectivity index is 1.35. The molecule has 2 aromatic heterocycles. The number of hydrogen-bond donors (Lipinski definition) is 1. The maximum Gasteiger partial charge on any atom is 0.410 e. The van der Waals surface area contributed by atoms with Crippen LogP contribution < -0.4 is 0 Å². The summed E-state index contributed by atoms with van der Waals surface area (Å²) in [7, 11) is 0. The van der Waals surface area contributed by atoms with Gasteiger partial charge in [0, 0.05) is 43.6 Å². The minimum absolute atomic E-state index is 0.216. The van der Waals surface area contributed by atoms with Gasteiger partial charge in [-0.05, 0) is 82.8 Å². The van der Waals surface area contributed by atoms with Gasteiger partial charge in [-0.3, -0.25) is 9.67 Å². The van der Waals surface area contributed by atoms with Gasteiger partial charge in [-0.1, -0.05) is 6.07 Å². The van der Waals surface area contributed by atoms with Gasteiger partial charge < -0.3 is 14.7 Å². The van der Waals surface area contributed by atoms with E-state index < -0.39 is 5.60 Å². The topological polar surface area (TPSA) is 80.5 Å². The summed E-state index contributed by atoms with van der Waals surface area (Å²) in [5, 5.41) is 14.4. The van der Waals surface area contributed by atoms with Crippen molar-refractivity contribution < 1.29 is 14.6 Å². The summed E-state index contributed by atoms with van der Waals surface area (Å²) >= 11 is 0. The molecule has 33 heavy (non-hydrogen) atoms. The molecule has 3 fully saturated rings. The zero-order chi connectivity index (χ0) is 23.2. The molecule has 1 saturated heterocycles. The molecule has 3 heterocycles. The summed E-state index contributed by atoms with van der Waals surface area (Å²) in [6.45, 7) is 7.40. The van der Waals surface area contributed by atoms with Crippen molar-refractivity contribution in [1.29, 1.82) is 0 Å². The van der Waals surface area contributed by atoms with Crippen molar-refractivity contribution in [3.05, 3.63) is 35.8 Å². The van der Waals surface area contributed by atoms with Crippen LogP contribution in [0.3, 0.4) is 0 Å². The Morgan fingerprint density at radius 2 is 1.88 bits per heavy atom. The van der Waals surface area contributed by atoms with Crippen LogP contribution in [0.25, 0.3) is 11.3 Å². The fourth-order valence-corrected chi connectivity index (χ4v) is 5.17. The predicted molar refractivity (Wildman–Crippen MR) is 126 cm³/mol. The Bertz CT molecular complexity index is 993. The second-order valence-electron chi connectivity index (χ2n) is 11.0. The first-order chi connectivity index (χ1) is 15.8. The van der Waals surface area contributed by atoms with Crippen LogP contribution in [0.4, 0.5) is 4.79 Å². The lowest BCUT2D eigenvalue weighted by Crippen LogP contribution is -2.41. The summed E-state index contributed by atoms with van der Waals surface area (Å²) in [4.78, 5) is 19.2. The zero-order valence-electron chi connectivity index (χ0n) is 20.0. The number of ether oxygens (including phenoxy) is 1. The third kappa shape index (κ3) is 4.79. The van der Waals surface area contributed by atoms with Crippen molar-refractivity contribution in [3.63, 3.8) is 0 Å². The second kappa shape index (κ2) is 8.75. The van der Waals surface area contributed by atoms with E-state index in [1.54, 1.807) is 0 Å². The van der Waals surface area contributed by atoms with Crippen molar-refractivity contribution in [2.24, 2.45) is 5.92 Å². The van der Waals surface area contributed by atoms with Gasteiger partial charge in [-0.2, -0.15) is 5.10 Å². The van der Waals surface area contributed by atoms with Gasteiger partial charge >= 0.3 is 6.09 Å². The van der Waals surface area contributed by atoms with Crippen LogP contribution in [-0.2, 0) is 4.74 Å². The monoisotopic (exact) mass is 452 g/mol. The van der Waals surface area contributed by atoms with Crippen molar-refractivity contribution >= 4 is 6.09 Å². The first kappa shape index (κ1) is 22.4. The van der Waals surface area contributed by atoms with Crippen LogP contribution in [0.2, 0.25) is 0 Å². The van der Waals surface area contributed by atoms with Crippen molar-refractivity contribution in [2.45, 2.75) is 82.8 Å². The third-order valence-electron chi connectivity index (χ3n) is 7.25. The molecular formula is C26H36N4O3. The van der Waals surface area contributed by atoms with Crippen LogP contribution in [0.15, 0.2) is 24.5 Å². The minimum atomic E-state index is -0.471. The molecule has 178 valence electrons. The Morgan fingerprint density at radius 1 is 1.15 bits per heavy atom. The number of likely N-dealkylation sites (tertiary alicyclic amines) is 1. The highest BCUT2D eigenvalue weighted by atomic mass is 16.6. The molecule has 7 nitrogen and oxygen atoms in total. The highest BCUT2D eigenvalue weighted by Gasteiger charge is 2.36. The highest BCUT2D eigenvalue weighted by molar-refractivity contribution is 5.69. The summed E-state index contributed by atoms with van der Waals surface area (Å²) < 4.78 is 7.70. The number of carbonyl (C=O) groups excluding carboxylic acids is 1. The quantitative estimate of drug-likeness (QED) is 0.699. The number of rotatable bonds is 5.